The summed E-state index contributed by atoms with van der Waals surface area (Å²) in [6.45, 7) is 15.0. The number of ether oxygens (including phenoxy) is 3. The summed E-state index contributed by atoms with van der Waals surface area (Å²) in [5.74, 6) is 4.56. The van der Waals surface area contributed by atoms with E-state index in [1.807, 2.05) is 12.1 Å². The standard InChI is InChI=1S/C43H54BrN5O8/c1-26(50)56-31-22-33(36(46)52)49(24-31)38(54)35(41(2,3)4)47-34(51)25-55-20-12-10-9-11-13-27-14-16-28(17-15-27)37(53)48-39-42(5,6)40(43(39,7)8)57-30-19-18-29(23-45)32(44)21-30/h14-19,21,31,33,35,39-40H,9-10,12,20,22,24-25H2,1-8H3,(H2,46,52)(H,47,51)(H,48,53)/t31-,33-,35-,39?,40?/m1/s1. The van der Waals surface area contributed by atoms with Gasteiger partial charge in [0.2, 0.25) is 17.7 Å². The monoisotopic (exact) mass is 847 g/mol. The smallest absolute Gasteiger partial charge is 0.302 e. The second-order valence-corrected chi connectivity index (χ2v) is 17.8. The number of hydrogen-bond donors (Lipinski definition) is 3. The molecule has 1 heterocycles. The third-order valence-electron chi connectivity index (χ3n) is 10.5. The first-order chi connectivity index (χ1) is 26.7. The molecular formula is C43H54BrN5O8. The van der Waals surface area contributed by atoms with Gasteiger partial charge in [0.15, 0.2) is 0 Å². The maximum absolute atomic E-state index is 13.6. The molecule has 0 spiro atoms. The van der Waals surface area contributed by atoms with Crippen molar-refractivity contribution in [3.05, 3.63) is 63.6 Å². The van der Waals surface area contributed by atoms with Gasteiger partial charge in [0.05, 0.1) is 12.1 Å². The van der Waals surface area contributed by atoms with Crippen molar-refractivity contribution in [3.63, 3.8) is 0 Å². The third kappa shape index (κ3) is 11.1. The fourth-order valence-electron chi connectivity index (χ4n) is 7.91. The molecule has 0 bridgehead atoms. The average Bonchev–Trinajstić information content (AvgIpc) is 3.55. The molecule has 14 heteroatoms. The molecule has 2 fully saturated rings. The SMILES string of the molecule is CC(=O)O[C@@H]1C[C@H](C(N)=O)N(C(=O)[C@@H](NC(=O)COCCCCC#Cc2ccc(C(=O)NC3C(C)(C)C(Oc4ccc(C#N)c(Br)c4)C3(C)C)cc2)C(C)(C)C)C1. The minimum absolute atomic E-state index is 0.00795. The predicted molar refractivity (Wildman–Crippen MR) is 216 cm³/mol. The minimum Gasteiger partial charge on any atom is -0.489 e. The number of unbranched alkanes of at least 4 members (excludes halogenated alkanes) is 2. The van der Waals surface area contributed by atoms with E-state index in [9.17, 15) is 29.2 Å². The number of benzene rings is 2. The second-order valence-electron chi connectivity index (χ2n) is 16.9. The number of amides is 4. The number of rotatable bonds is 14. The van der Waals surface area contributed by atoms with Gasteiger partial charge in [0.25, 0.3) is 5.91 Å². The fraction of sp³-hybridized carbons (Fsp3) is 0.535. The zero-order chi connectivity index (χ0) is 42.3. The van der Waals surface area contributed by atoms with Gasteiger partial charge < -0.3 is 35.5 Å². The molecule has 1 saturated heterocycles. The molecule has 2 aliphatic rings. The van der Waals surface area contributed by atoms with Crippen molar-refractivity contribution in [3.8, 4) is 23.7 Å². The summed E-state index contributed by atoms with van der Waals surface area (Å²) in [4.78, 5) is 64.5. The van der Waals surface area contributed by atoms with Crippen molar-refractivity contribution in [1.29, 1.82) is 5.26 Å². The summed E-state index contributed by atoms with van der Waals surface area (Å²) in [5, 5.41) is 15.2. The first-order valence-electron chi connectivity index (χ1n) is 19.1. The Morgan fingerprint density at radius 2 is 1.70 bits per heavy atom. The van der Waals surface area contributed by atoms with Crippen LogP contribution in [0.2, 0.25) is 0 Å². The first kappa shape index (κ1) is 44.8. The summed E-state index contributed by atoms with van der Waals surface area (Å²) in [6, 6.07) is 12.5. The quantitative estimate of drug-likeness (QED) is 0.133. The van der Waals surface area contributed by atoms with Crippen LogP contribution in [0.4, 0.5) is 0 Å². The number of likely N-dealkylation sites (tertiary alicyclic amines) is 1. The van der Waals surface area contributed by atoms with Crippen LogP contribution in [0.25, 0.3) is 0 Å². The molecule has 13 nitrogen and oxygen atoms in total. The van der Waals surface area contributed by atoms with Crippen LogP contribution in [-0.4, -0.2) is 84.6 Å². The van der Waals surface area contributed by atoms with Gasteiger partial charge in [0, 0.05) is 58.8 Å². The first-order valence-corrected chi connectivity index (χ1v) is 19.9. The predicted octanol–water partition coefficient (Wildman–Crippen LogP) is 5.02. The van der Waals surface area contributed by atoms with Crippen LogP contribution in [0, 0.1) is 39.4 Å². The van der Waals surface area contributed by atoms with Gasteiger partial charge in [-0.3, -0.25) is 24.0 Å². The number of nitriles is 1. The summed E-state index contributed by atoms with van der Waals surface area (Å²) >= 11 is 3.42. The number of hydrogen-bond acceptors (Lipinski definition) is 9. The molecule has 306 valence electrons. The van der Waals surface area contributed by atoms with Crippen molar-refractivity contribution < 1.29 is 38.2 Å². The van der Waals surface area contributed by atoms with E-state index in [-0.39, 0.29) is 48.5 Å². The third-order valence-corrected chi connectivity index (χ3v) is 11.2. The molecule has 0 radical (unpaired) electrons. The molecule has 1 aliphatic carbocycles. The van der Waals surface area contributed by atoms with E-state index >= 15 is 0 Å². The normalized spacial score (nSPS) is 21.1. The lowest BCUT2D eigenvalue weighted by atomic mass is 9.49. The number of halogens is 1. The second kappa shape index (κ2) is 18.6. The Hall–Kier alpha value is -4.92. The zero-order valence-corrected chi connectivity index (χ0v) is 35.6. The summed E-state index contributed by atoms with van der Waals surface area (Å²) in [7, 11) is 0. The lowest BCUT2D eigenvalue weighted by Crippen LogP contribution is -2.74. The maximum Gasteiger partial charge on any atom is 0.302 e. The number of esters is 1. The fourth-order valence-corrected chi connectivity index (χ4v) is 8.36. The molecule has 2 aromatic carbocycles. The molecule has 4 N–H and O–H groups in total. The highest BCUT2D eigenvalue weighted by Gasteiger charge is 2.64. The van der Waals surface area contributed by atoms with Gasteiger partial charge in [-0.2, -0.15) is 5.26 Å². The number of nitrogens with two attached hydrogens (primary N) is 1. The molecule has 0 unspecified atom stereocenters. The van der Waals surface area contributed by atoms with Crippen LogP contribution in [0.3, 0.4) is 0 Å². The Morgan fingerprint density at radius 3 is 2.28 bits per heavy atom. The Bertz CT molecular complexity index is 1920. The summed E-state index contributed by atoms with van der Waals surface area (Å²) < 4.78 is 17.8. The largest absolute Gasteiger partial charge is 0.489 e. The highest BCUT2D eigenvalue weighted by molar-refractivity contribution is 9.10. The highest BCUT2D eigenvalue weighted by Crippen LogP contribution is 2.55. The molecule has 1 saturated carbocycles. The zero-order valence-electron chi connectivity index (χ0n) is 34.0. The number of carbonyl (C=O) groups excluding carboxylic acids is 5. The number of nitrogens with zero attached hydrogens (tertiary/aromatic N) is 2. The highest BCUT2D eigenvalue weighted by atomic mass is 79.9. The van der Waals surface area contributed by atoms with Crippen LogP contribution in [0.1, 0.15) is 103 Å². The van der Waals surface area contributed by atoms with Crippen LogP contribution in [0.5, 0.6) is 5.75 Å². The molecule has 2 aromatic rings. The topological polar surface area (TPSA) is 190 Å². The number of primary amides is 1. The van der Waals surface area contributed by atoms with E-state index in [1.165, 1.54) is 11.8 Å². The Balaban J connectivity index is 1.18. The van der Waals surface area contributed by atoms with Gasteiger partial charge in [-0.15, -0.1) is 0 Å². The van der Waals surface area contributed by atoms with Crippen molar-refractivity contribution in [1.82, 2.24) is 15.5 Å². The molecule has 1 aliphatic heterocycles. The van der Waals surface area contributed by atoms with Gasteiger partial charge in [0.1, 0.15) is 42.7 Å². The van der Waals surface area contributed by atoms with Crippen molar-refractivity contribution in [2.24, 2.45) is 22.0 Å². The summed E-state index contributed by atoms with van der Waals surface area (Å²) in [5.41, 5.74) is 5.98. The summed E-state index contributed by atoms with van der Waals surface area (Å²) in [6.07, 6.45) is 1.28. The van der Waals surface area contributed by atoms with Gasteiger partial charge in [-0.05, 0) is 76.7 Å². The van der Waals surface area contributed by atoms with E-state index in [1.54, 1.807) is 51.1 Å². The molecule has 4 rings (SSSR count). The van der Waals surface area contributed by atoms with Crippen LogP contribution < -0.4 is 21.1 Å². The van der Waals surface area contributed by atoms with E-state index < -0.39 is 47.3 Å². The lowest BCUT2D eigenvalue weighted by molar-refractivity contribution is -0.164. The van der Waals surface area contributed by atoms with Crippen LogP contribution >= 0.6 is 15.9 Å². The van der Waals surface area contributed by atoms with Gasteiger partial charge in [-0.1, -0.05) is 60.3 Å². The molecular weight excluding hydrogens is 794 g/mol. The molecule has 4 amide bonds. The Labute approximate surface area is 343 Å². The van der Waals surface area contributed by atoms with E-state index in [2.05, 4.69) is 72.2 Å². The lowest BCUT2D eigenvalue weighted by Gasteiger charge is -2.63. The van der Waals surface area contributed by atoms with Gasteiger partial charge >= 0.3 is 5.97 Å². The van der Waals surface area contributed by atoms with Gasteiger partial charge in [-0.25, -0.2) is 0 Å². The average molecular weight is 849 g/mol. The van der Waals surface area contributed by atoms with Crippen LogP contribution in [-0.2, 0) is 28.7 Å². The Morgan fingerprint density at radius 1 is 1.04 bits per heavy atom. The molecule has 57 heavy (non-hydrogen) atoms. The van der Waals surface area contributed by atoms with Crippen molar-refractivity contribution in [2.75, 3.05) is 19.8 Å². The van der Waals surface area contributed by atoms with E-state index in [0.717, 1.165) is 12.0 Å². The Kier molecular flexibility index (Phi) is 14.6. The van der Waals surface area contributed by atoms with Crippen molar-refractivity contribution in [2.45, 2.75) is 111 Å². The van der Waals surface area contributed by atoms with Crippen LogP contribution in [0.15, 0.2) is 46.9 Å². The minimum atomic E-state index is -0.967. The maximum atomic E-state index is 13.6. The van der Waals surface area contributed by atoms with Crippen molar-refractivity contribution >= 4 is 45.5 Å². The number of nitrogens with one attached hydrogen (secondary N) is 2. The molecule has 3 atom stereocenters. The molecule has 0 aromatic heterocycles. The van der Waals surface area contributed by atoms with E-state index in [0.29, 0.717) is 40.8 Å². The number of carbonyl (C=O) groups is 5. The van der Waals surface area contributed by atoms with E-state index in [4.69, 9.17) is 19.9 Å².